The third-order valence-electron chi connectivity index (χ3n) is 3.60. The van der Waals surface area contributed by atoms with Crippen LogP contribution in [0.15, 0.2) is 17.0 Å². The second-order valence-electron chi connectivity index (χ2n) is 5.65. The fourth-order valence-electron chi connectivity index (χ4n) is 2.14. The first-order valence-electron chi connectivity index (χ1n) is 6.97. The summed E-state index contributed by atoms with van der Waals surface area (Å²) in [6, 6.07) is 3.63. The van der Waals surface area contributed by atoms with Crippen LogP contribution in [-0.4, -0.2) is 51.9 Å². The zero-order valence-electron chi connectivity index (χ0n) is 13.5. The van der Waals surface area contributed by atoms with Crippen LogP contribution in [0.1, 0.15) is 23.1 Å². The molecule has 1 rings (SSSR count). The van der Waals surface area contributed by atoms with Crippen molar-refractivity contribution in [1.29, 1.82) is 0 Å². The molecule has 0 spiro atoms. The number of hydrogen-bond donors (Lipinski definition) is 0. The smallest absolute Gasteiger partial charge is 0.243 e. The van der Waals surface area contributed by atoms with E-state index in [0.29, 0.717) is 17.3 Å². The summed E-state index contributed by atoms with van der Waals surface area (Å²) in [6.45, 7) is 5.12. The lowest BCUT2D eigenvalue weighted by Crippen LogP contribution is -2.30. The molecule has 120 valence electrons. The van der Waals surface area contributed by atoms with Gasteiger partial charge in [-0.3, -0.25) is 0 Å². The summed E-state index contributed by atoms with van der Waals surface area (Å²) in [5.41, 5.74) is 2.58. The van der Waals surface area contributed by atoms with E-state index in [2.05, 4.69) is 0 Å². The normalized spacial score (nSPS) is 12.4. The van der Waals surface area contributed by atoms with Crippen molar-refractivity contribution < 1.29 is 8.42 Å². The van der Waals surface area contributed by atoms with Gasteiger partial charge in [-0.05, 0) is 63.7 Å². The van der Waals surface area contributed by atoms with Crippen molar-refractivity contribution in [3.8, 4) is 0 Å². The first-order valence-corrected chi connectivity index (χ1v) is 8.94. The van der Waals surface area contributed by atoms with Crippen molar-refractivity contribution >= 4 is 21.6 Å². The molecule has 0 atom stereocenters. The summed E-state index contributed by atoms with van der Waals surface area (Å²) in [6.07, 6.45) is 0.802. The summed E-state index contributed by atoms with van der Waals surface area (Å²) < 4.78 is 26.9. The lowest BCUT2D eigenvalue weighted by Gasteiger charge is -2.20. The molecule has 1 aromatic rings. The molecular weight excluding hydrogens is 308 g/mol. The van der Waals surface area contributed by atoms with Crippen molar-refractivity contribution in [2.24, 2.45) is 0 Å². The van der Waals surface area contributed by atoms with Gasteiger partial charge >= 0.3 is 0 Å². The number of sulfonamides is 1. The Hall–Kier alpha value is -0.620. The number of nitrogens with zero attached hydrogens (tertiary/aromatic N) is 2. The van der Waals surface area contributed by atoms with E-state index in [1.165, 1.54) is 4.31 Å². The quantitative estimate of drug-likeness (QED) is 0.721. The Labute approximate surface area is 133 Å². The molecular formula is C15H25ClN2O2S. The maximum absolute atomic E-state index is 12.7. The fourth-order valence-corrected chi connectivity index (χ4v) is 3.85. The summed E-state index contributed by atoms with van der Waals surface area (Å²) >= 11 is 5.86. The number of rotatable bonds is 7. The van der Waals surface area contributed by atoms with Crippen LogP contribution in [0.3, 0.4) is 0 Å². The largest absolute Gasteiger partial charge is 0.309 e. The van der Waals surface area contributed by atoms with Crippen LogP contribution >= 0.6 is 11.6 Å². The molecule has 0 amide bonds. The standard InChI is InChI=1S/C15H25ClN2O2S/c1-12-9-14(11-16)10-15(13(12)2)21(19,20)18(5)8-6-7-17(3)4/h9-10H,6-8,11H2,1-5H3. The molecule has 0 radical (unpaired) electrons. The number of halogens is 1. The lowest BCUT2D eigenvalue weighted by molar-refractivity contribution is 0.370. The number of benzene rings is 1. The highest BCUT2D eigenvalue weighted by molar-refractivity contribution is 7.89. The van der Waals surface area contributed by atoms with E-state index in [0.717, 1.165) is 29.7 Å². The van der Waals surface area contributed by atoms with Crippen molar-refractivity contribution in [3.63, 3.8) is 0 Å². The van der Waals surface area contributed by atoms with Crippen molar-refractivity contribution in [2.75, 3.05) is 34.2 Å². The van der Waals surface area contributed by atoms with Gasteiger partial charge in [0.15, 0.2) is 0 Å². The Balaban J connectivity index is 3.04. The lowest BCUT2D eigenvalue weighted by atomic mass is 10.1. The van der Waals surface area contributed by atoms with Crippen LogP contribution in [0.2, 0.25) is 0 Å². The molecule has 0 heterocycles. The zero-order valence-corrected chi connectivity index (χ0v) is 15.1. The molecule has 0 saturated carbocycles. The molecule has 0 aliphatic heterocycles. The van der Waals surface area contributed by atoms with Gasteiger partial charge in [0.05, 0.1) is 4.90 Å². The van der Waals surface area contributed by atoms with Crippen LogP contribution in [0.4, 0.5) is 0 Å². The predicted molar refractivity (Wildman–Crippen MR) is 88.5 cm³/mol. The maximum Gasteiger partial charge on any atom is 0.243 e. The molecule has 0 aromatic heterocycles. The van der Waals surface area contributed by atoms with E-state index in [9.17, 15) is 8.42 Å². The molecule has 1 aromatic carbocycles. The first kappa shape index (κ1) is 18.4. The molecule has 4 nitrogen and oxygen atoms in total. The van der Waals surface area contributed by atoms with Gasteiger partial charge in [0.2, 0.25) is 10.0 Å². The summed E-state index contributed by atoms with van der Waals surface area (Å²) in [7, 11) is 2.12. The van der Waals surface area contributed by atoms with Crippen LogP contribution in [0.5, 0.6) is 0 Å². The fraction of sp³-hybridized carbons (Fsp3) is 0.600. The molecule has 0 aliphatic carbocycles. The average Bonchev–Trinajstić information content (AvgIpc) is 2.40. The molecule has 0 unspecified atom stereocenters. The number of hydrogen-bond acceptors (Lipinski definition) is 3. The van der Waals surface area contributed by atoms with Gasteiger partial charge in [-0.15, -0.1) is 11.6 Å². The molecule has 0 aliphatic rings. The van der Waals surface area contributed by atoms with Crippen molar-refractivity contribution in [1.82, 2.24) is 9.21 Å². The minimum Gasteiger partial charge on any atom is -0.309 e. The topological polar surface area (TPSA) is 40.6 Å². The van der Waals surface area contributed by atoms with E-state index < -0.39 is 10.0 Å². The van der Waals surface area contributed by atoms with Crippen LogP contribution < -0.4 is 0 Å². The summed E-state index contributed by atoms with van der Waals surface area (Å²) in [5.74, 6) is 0.313. The molecule has 0 bridgehead atoms. The molecule has 6 heteroatoms. The summed E-state index contributed by atoms with van der Waals surface area (Å²) in [4.78, 5) is 2.41. The van der Waals surface area contributed by atoms with Gasteiger partial charge < -0.3 is 4.90 Å². The van der Waals surface area contributed by atoms with Crippen molar-refractivity contribution in [2.45, 2.75) is 31.0 Å². The Morgan fingerprint density at radius 2 is 1.71 bits per heavy atom. The van der Waals surface area contributed by atoms with Crippen LogP contribution in [-0.2, 0) is 15.9 Å². The molecule has 0 N–H and O–H groups in total. The van der Waals surface area contributed by atoms with Gasteiger partial charge in [-0.2, -0.15) is 0 Å². The molecule has 0 fully saturated rings. The second-order valence-corrected chi connectivity index (χ2v) is 7.93. The minimum atomic E-state index is -3.47. The van der Waals surface area contributed by atoms with E-state index in [1.807, 2.05) is 38.9 Å². The van der Waals surface area contributed by atoms with Gasteiger partial charge in [0.1, 0.15) is 0 Å². The number of alkyl halides is 1. The Bertz CT molecular complexity index is 586. The van der Waals surface area contributed by atoms with E-state index in [4.69, 9.17) is 11.6 Å². The third kappa shape index (κ3) is 4.68. The van der Waals surface area contributed by atoms with Crippen LogP contribution in [0.25, 0.3) is 0 Å². The highest BCUT2D eigenvalue weighted by Crippen LogP contribution is 2.24. The van der Waals surface area contributed by atoms with E-state index >= 15 is 0 Å². The molecule has 0 saturated heterocycles. The van der Waals surface area contributed by atoms with Crippen LogP contribution in [0, 0.1) is 13.8 Å². The minimum absolute atomic E-state index is 0.313. The zero-order chi connectivity index (χ0) is 16.2. The number of aryl methyl sites for hydroxylation is 1. The SMILES string of the molecule is Cc1cc(CCl)cc(S(=O)(=O)N(C)CCCN(C)C)c1C. The van der Waals surface area contributed by atoms with Gasteiger partial charge in [0, 0.05) is 19.5 Å². The van der Waals surface area contributed by atoms with Gasteiger partial charge in [0.25, 0.3) is 0 Å². The third-order valence-corrected chi connectivity index (χ3v) is 5.89. The van der Waals surface area contributed by atoms with E-state index in [1.54, 1.807) is 13.1 Å². The van der Waals surface area contributed by atoms with E-state index in [-0.39, 0.29) is 0 Å². The second kappa shape index (κ2) is 7.58. The van der Waals surface area contributed by atoms with Crippen molar-refractivity contribution in [3.05, 3.63) is 28.8 Å². The Kier molecular flexibility index (Phi) is 6.66. The predicted octanol–water partition coefficient (Wildman–Crippen LogP) is 2.61. The average molecular weight is 333 g/mol. The highest BCUT2D eigenvalue weighted by Gasteiger charge is 2.23. The van der Waals surface area contributed by atoms with Gasteiger partial charge in [-0.25, -0.2) is 12.7 Å². The Morgan fingerprint density at radius 1 is 1.10 bits per heavy atom. The van der Waals surface area contributed by atoms with Gasteiger partial charge in [-0.1, -0.05) is 6.07 Å². The Morgan fingerprint density at radius 3 is 2.24 bits per heavy atom. The summed E-state index contributed by atoms with van der Waals surface area (Å²) in [5, 5.41) is 0. The monoisotopic (exact) mass is 332 g/mol. The maximum atomic E-state index is 12.7. The first-order chi connectivity index (χ1) is 9.70. The molecule has 21 heavy (non-hydrogen) atoms. The highest BCUT2D eigenvalue weighted by atomic mass is 35.5.